The number of nitrogens with zero attached hydrogens (tertiary/aromatic N) is 5. The monoisotopic (exact) mass is 477 g/mol. The maximum atomic E-state index is 5.59. The Kier molecular flexibility index (Phi) is 7.34. The van der Waals surface area contributed by atoms with Gasteiger partial charge in [0, 0.05) is 33.9 Å². The second-order valence-electron chi connectivity index (χ2n) is 5.98. The van der Waals surface area contributed by atoms with Crippen LogP contribution in [-0.4, -0.2) is 32.3 Å². The van der Waals surface area contributed by atoms with Gasteiger partial charge in [-0.1, -0.05) is 24.9 Å². The third-order valence-corrected chi connectivity index (χ3v) is 6.67. The summed E-state index contributed by atoms with van der Waals surface area (Å²) in [5.74, 6) is 0. The first kappa shape index (κ1) is 20.8. The smallest absolute Gasteiger partial charge is 0.189 e. The summed E-state index contributed by atoms with van der Waals surface area (Å²) < 4.78 is 0. The van der Waals surface area contributed by atoms with Gasteiger partial charge >= 0.3 is 0 Å². The fourth-order valence-electron chi connectivity index (χ4n) is 2.38. The van der Waals surface area contributed by atoms with E-state index in [9.17, 15) is 0 Å². The number of unbranched alkanes of at least 4 members (excludes halogenated alkanes) is 2. The molecule has 0 aliphatic heterocycles. The van der Waals surface area contributed by atoms with E-state index in [1.165, 1.54) is 45.3 Å². The molecule has 0 aliphatic rings. The van der Waals surface area contributed by atoms with E-state index >= 15 is 0 Å². The first-order valence-corrected chi connectivity index (χ1v) is 12.8. The summed E-state index contributed by atoms with van der Waals surface area (Å²) >= 11 is 6.02. The molecule has 4 aromatic heterocycles. The molecule has 4 rings (SSSR count). The van der Waals surface area contributed by atoms with Gasteiger partial charge in [0.05, 0.1) is 0 Å². The third-order valence-electron chi connectivity index (χ3n) is 3.78. The molecule has 0 atom stereocenters. The van der Waals surface area contributed by atoms with Gasteiger partial charge in [-0.3, -0.25) is 0 Å². The molecular formula is C18H19N7OS4. The second-order valence-corrected chi connectivity index (χ2v) is 9.49. The Bertz CT molecular complexity index is 980. The Morgan fingerprint density at radius 2 is 1.47 bits per heavy atom. The summed E-state index contributed by atoms with van der Waals surface area (Å²) in [5.41, 5.74) is 2.03. The minimum atomic E-state index is 0.570. The lowest BCUT2D eigenvalue weighted by atomic mass is 10.2. The van der Waals surface area contributed by atoms with Crippen molar-refractivity contribution in [2.24, 2.45) is 5.16 Å². The van der Waals surface area contributed by atoms with Crippen molar-refractivity contribution in [3.63, 3.8) is 0 Å². The molecule has 0 fully saturated rings. The van der Waals surface area contributed by atoms with Crippen LogP contribution in [0.2, 0.25) is 0 Å². The Labute approximate surface area is 189 Å². The fraction of sp³-hybridized carbons (Fsp3) is 0.278. The highest BCUT2D eigenvalue weighted by Crippen LogP contribution is 2.27. The Balaban J connectivity index is 1.53. The van der Waals surface area contributed by atoms with E-state index in [-0.39, 0.29) is 0 Å². The zero-order valence-corrected chi connectivity index (χ0v) is 19.3. The second kappa shape index (κ2) is 10.6. The lowest BCUT2D eigenvalue weighted by Gasteiger charge is -2.03. The van der Waals surface area contributed by atoms with Gasteiger partial charge in [0.1, 0.15) is 18.0 Å². The molecule has 0 amide bonds. The summed E-state index contributed by atoms with van der Waals surface area (Å²) in [6.45, 7) is 2.73. The molecule has 0 bridgehead atoms. The molecule has 4 heterocycles. The zero-order valence-electron chi connectivity index (χ0n) is 16.1. The van der Waals surface area contributed by atoms with Crippen molar-refractivity contribution in [1.82, 2.24) is 19.9 Å². The van der Waals surface area contributed by atoms with Gasteiger partial charge in [0.2, 0.25) is 0 Å². The van der Waals surface area contributed by atoms with E-state index in [0.717, 1.165) is 39.8 Å². The number of hydrogen-bond donors (Lipinski definition) is 2. The van der Waals surface area contributed by atoms with Crippen LogP contribution < -0.4 is 10.6 Å². The van der Waals surface area contributed by atoms with Gasteiger partial charge in [-0.05, 0) is 6.42 Å². The molecular weight excluding hydrogens is 459 g/mol. The zero-order chi connectivity index (χ0) is 20.6. The lowest BCUT2D eigenvalue weighted by Crippen LogP contribution is -2.07. The van der Waals surface area contributed by atoms with Crippen LogP contribution in [0.5, 0.6) is 0 Å². The van der Waals surface area contributed by atoms with Gasteiger partial charge in [-0.25, -0.2) is 19.9 Å². The SMILES string of the molecule is CCCCCON=C(c1csc(Nc2nccs2)n1)c1csc(Nc2nccs2)n1. The molecule has 0 spiro atoms. The summed E-state index contributed by atoms with van der Waals surface area (Å²) in [7, 11) is 0. The number of nitrogens with one attached hydrogen (secondary N) is 2. The van der Waals surface area contributed by atoms with Crippen LogP contribution in [-0.2, 0) is 4.84 Å². The molecule has 0 radical (unpaired) electrons. The van der Waals surface area contributed by atoms with Gasteiger partial charge in [-0.2, -0.15) is 0 Å². The predicted octanol–water partition coefficient (Wildman–Crippen LogP) is 5.96. The highest BCUT2D eigenvalue weighted by atomic mass is 32.1. The standard InChI is InChI=1S/C18H19N7OS4/c1-2-3-4-7-26-25-14(12-10-29-17(21-12)23-15-19-5-8-27-15)13-11-30-18(22-13)24-16-20-6-9-28-16/h5-6,8-11H,2-4,7H2,1H3,(H,19,21,23)(H,20,22,24). The predicted molar refractivity (Wildman–Crippen MR) is 126 cm³/mol. The molecule has 4 aromatic rings. The Hall–Kier alpha value is -2.41. The molecule has 0 aromatic carbocycles. The summed E-state index contributed by atoms with van der Waals surface area (Å²) in [4.78, 5) is 23.4. The average Bonchev–Trinajstić information content (AvgIpc) is 3.54. The number of hydrogen-bond acceptors (Lipinski definition) is 12. The number of thiazole rings is 4. The molecule has 156 valence electrons. The van der Waals surface area contributed by atoms with Crippen LogP contribution in [0.25, 0.3) is 0 Å². The van der Waals surface area contributed by atoms with Crippen LogP contribution >= 0.6 is 45.3 Å². The van der Waals surface area contributed by atoms with Crippen LogP contribution in [0.1, 0.15) is 37.6 Å². The van der Waals surface area contributed by atoms with Crippen molar-refractivity contribution in [1.29, 1.82) is 0 Å². The van der Waals surface area contributed by atoms with Gasteiger partial charge < -0.3 is 15.5 Å². The molecule has 0 aliphatic carbocycles. The van der Waals surface area contributed by atoms with E-state index in [4.69, 9.17) is 4.84 Å². The Morgan fingerprint density at radius 3 is 1.97 bits per heavy atom. The van der Waals surface area contributed by atoms with E-state index in [0.29, 0.717) is 23.7 Å². The molecule has 8 nitrogen and oxygen atoms in total. The largest absolute Gasteiger partial charge is 0.395 e. The minimum absolute atomic E-state index is 0.570. The van der Waals surface area contributed by atoms with E-state index in [1.807, 2.05) is 21.5 Å². The molecule has 0 saturated heterocycles. The quantitative estimate of drug-likeness (QED) is 0.156. The van der Waals surface area contributed by atoms with E-state index < -0.39 is 0 Å². The van der Waals surface area contributed by atoms with E-state index in [2.05, 4.69) is 42.6 Å². The van der Waals surface area contributed by atoms with Gasteiger partial charge in [0.25, 0.3) is 0 Å². The van der Waals surface area contributed by atoms with Crippen LogP contribution in [0, 0.1) is 0 Å². The van der Waals surface area contributed by atoms with E-state index in [1.54, 1.807) is 12.4 Å². The maximum absolute atomic E-state index is 5.59. The van der Waals surface area contributed by atoms with Crippen LogP contribution in [0.3, 0.4) is 0 Å². The Morgan fingerprint density at radius 1 is 0.867 bits per heavy atom. The normalized spacial score (nSPS) is 10.7. The van der Waals surface area contributed by atoms with Gasteiger partial charge in [-0.15, -0.1) is 45.3 Å². The topological polar surface area (TPSA) is 97.2 Å². The summed E-state index contributed by atoms with van der Waals surface area (Å²) in [6, 6.07) is 0. The van der Waals surface area contributed by atoms with Crippen LogP contribution in [0.4, 0.5) is 20.5 Å². The van der Waals surface area contributed by atoms with Gasteiger partial charge in [0.15, 0.2) is 26.2 Å². The minimum Gasteiger partial charge on any atom is -0.395 e. The fourth-order valence-corrected chi connectivity index (χ4v) is 4.96. The summed E-state index contributed by atoms with van der Waals surface area (Å²) in [5, 5.41) is 21.6. The third kappa shape index (κ3) is 5.59. The molecule has 30 heavy (non-hydrogen) atoms. The highest BCUT2D eigenvalue weighted by molar-refractivity contribution is 7.16. The van der Waals surface area contributed by atoms with Crippen molar-refractivity contribution in [3.8, 4) is 0 Å². The van der Waals surface area contributed by atoms with Crippen molar-refractivity contribution >= 4 is 71.6 Å². The molecule has 2 N–H and O–H groups in total. The van der Waals surface area contributed by atoms with Crippen molar-refractivity contribution in [2.75, 3.05) is 17.2 Å². The number of rotatable bonds is 11. The van der Waals surface area contributed by atoms with Crippen molar-refractivity contribution in [3.05, 3.63) is 45.3 Å². The maximum Gasteiger partial charge on any atom is 0.189 e. The van der Waals surface area contributed by atoms with Crippen LogP contribution in [0.15, 0.2) is 39.1 Å². The molecule has 0 saturated carbocycles. The number of anilines is 4. The molecule has 12 heteroatoms. The highest BCUT2D eigenvalue weighted by Gasteiger charge is 2.17. The average molecular weight is 478 g/mol. The first-order chi connectivity index (χ1) is 14.8. The lowest BCUT2D eigenvalue weighted by molar-refractivity contribution is 0.140. The van der Waals surface area contributed by atoms with Crippen molar-refractivity contribution in [2.45, 2.75) is 26.2 Å². The van der Waals surface area contributed by atoms with Crippen molar-refractivity contribution < 1.29 is 4.84 Å². The molecule has 0 unspecified atom stereocenters. The number of aromatic nitrogens is 4. The number of oxime groups is 1. The summed E-state index contributed by atoms with van der Waals surface area (Å²) in [6.07, 6.45) is 6.72. The first-order valence-electron chi connectivity index (χ1n) is 9.26.